The third kappa shape index (κ3) is 3.15. The summed E-state index contributed by atoms with van der Waals surface area (Å²) in [5.74, 6) is 4.61. The summed E-state index contributed by atoms with van der Waals surface area (Å²) in [5.41, 5.74) is 4.15. The number of hydrogen-bond donors (Lipinski definition) is 2. The van der Waals surface area contributed by atoms with Crippen LogP contribution in [0.1, 0.15) is 43.7 Å². The summed E-state index contributed by atoms with van der Waals surface area (Å²) in [6.45, 7) is 0. The number of nitrogens with one attached hydrogen (secondary N) is 1. The molecule has 0 spiro atoms. The van der Waals surface area contributed by atoms with Crippen molar-refractivity contribution in [3.8, 4) is 0 Å². The lowest BCUT2D eigenvalue weighted by atomic mass is 9.91. The van der Waals surface area contributed by atoms with E-state index >= 15 is 0 Å². The minimum atomic E-state index is -0.440. The molecule has 0 aromatic heterocycles. The number of halogens is 2. The van der Waals surface area contributed by atoms with Gasteiger partial charge in [0.05, 0.1) is 6.04 Å². The predicted molar refractivity (Wildman–Crippen MR) is 67.6 cm³/mol. The van der Waals surface area contributed by atoms with Crippen LogP contribution in [-0.2, 0) is 0 Å². The maximum atomic E-state index is 13.7. The molecule has 0 amide bonds. The Bertz CT molecular complexity index is 443. The van der Waals surface area contributed by atoms with E-state index in [1.165, 1.54) is 18.1 Å². The zero-order valence-corrected chi connectivity index (χ0v) is 10.3. The van der Waals surface area contributed by atoms with Crippen molar-refractivity contribution in [1.29, 1.82) is 0 Å². The minimum Gasteiger partial charge on any atom is -0.271 e. The van der Waals surface area contributed by atoms with E-state index in [0.29, 0.717) is 12.0 Å². The van der Waals surface area contributed by atoms with Crippen molar-refractivity contribution in [1.82, 2.24) is 5.43 Å². The molecule has 0 aliphatic heterocycles. The third-order valence-electron chi connectivity index (χ3n) is 3.39. The highest BCUT2D eigenvalue weighted by Crippen LogP contribution is 2.28. The lowest BCUT2D eigenvalue weighted by Gasteiger charge is -2.21. The van der Waals surface area contributed by atoms with E-state index in [1.54, 1.807) is 0 Å². The molecule has 0 bridgehead atoms. The van der Waals surface area contributed by atoms with Gasteiger partial charge in [0.15, 0.2) is 0 Å². The van der Waals surface area contributed by atoms with Gasteiger partial charge in [-0.25, -0.2) is 8.78 Å². The summed E-state index contributed by atoms with van der Waals surface area (Å²) in [4.78, 5) is 0. The largest absolute Gasteiger partial charge is 0.271 e. The Labute approximate surface area is 106 Å². The van der Waals surface area contributed by atoms with Gasteiger partial charge in [0.25, 0.3) is 0 Å². The molecule has 2 nitrogen and oxygen atoms in total. The van der Waals surface area contributed by atoms with Gasteiger partial charge in [0.2, 0.25) is 0 Å². The molecule has 1 unspecified atom stereocenters. The first kappa shape index (κ1) is 13.2. The van der Waals surface area contributed by atoms with Crippen LogP contribution in [0.5, 0.6) is 0 Å². The zero-order chi connectivity index (χ0) is 13.0. The molecule has 2 rings (SSSR count). The Balaban J connectivity index is 2.17. The van der Waals surface area contributed by atoms with Gasteiger partial charge < -0.3 is 0 Å². The first-order valence-corrected chi connectivity index (χ1v) is 6.29. The molecule has 1 aromatic rings. The number of allylic oxidation sites excluding steroid dienone is 1. The second kappa shape index (κ2) is 6.07. The molecule has 1 aliphatic carbocycles. The van der Waals surface area contributed by atoms with Crippen LogP contribution in [-0.4, -0.2) is 0 Å². The Morgan fingerprint density at radius 1 is 1.28 bits per heavy atom. The summed E-state index contributed by atoms with van der Waals surface area (Å²) in [6.07, 6.45) is 7.28. The first-order chi connectivity index (χ1) is 8.70. The molecule has 3 N–H and O–H groups in total. The quantitative estimate of drug-likeness (QED) is 0.490. The van der Waals surface area contributed by atoms with Gasteiger partial charge in [0, 0.05) is 5.56 Å². The van der Waals surface area contributed by atoms with Crippen LogP contribution >= 0.6 is 0 Å². The van der Waals surface area contributed by atoms with Crippen LogP contribution in [0.3, 0.4) is 0 Å². The number of nitrogens with two attached hydrogens (primary N) is 1. The van der Waals surface area contributed by atoms with Crippen LogP contribution in [0.4, 0.5) is 8.78 Å². The Kier molecular flexibility index (Phi) is 4.44. The monoisotopic (exact) mass is 252 g/mol. The minimum absolute atomic E-state index is 0.295. The highest BCUT2D eigenvalue weighted by Gasteiger charge is 2.17. The number of benzene rings is 1. The molecule has 0 saturated carbocycles. The van der Waals surface area contributed by atoms with Gasteiger partial charge >= 0.3 is 0 Å². The lowest BCUT2D eigenvalue weighted by molar-refractivity contribution is 0.490. The van der Waals surface area contributed by atoms with Crippen molar-refractivity contribution in [3.05, 3.63) is 47.0 Å². The van der Waals surface area contributed by atoms with Crippen molar-refractivity contribution in [2.45, 2.75) is 38.1 Å². The second-order valence-electron chi connectivity index (χ2n) is 4.70. The van der Waals surface area contributed by atoms with E-state index in [9.17, 15) is 8.78 Å². The fourth-order valence-electron chi connectivity index (χ4n) is 2.39. The molecule has 1 aliphatic rings. The SMILES string of the molecule is NNC(CC1=CCCCC1)c1cc(F)ccc1F. The molecule has 0 saturated heterocycles. The van der Waals surface area contributed by atoms with Crippen molar-refractivity contribution in [2.75, 3.05) is 0 Å². The maximum Gasteiger partial charge on any atom is 0.128 e. The first-order valence-electron chi connectivity index (χ1n) is 6.29. The van der Waals surface area contributed by atoms with E-state index in [-0.39, 0.29) is 6.04 Å². The summed E-state index contributed by atoms with van der Waals surface area (Å²) in [7, 11) is 0. The van der Waals surface area contributed by atoms with Gasteiger partial charge in [-0.2, -0.15) is 0 Å². The summed E-state index contributed by atoms with van der Waals surface area (Å²) in [5, 5.41) is 0. The van der Waals surface area contributed by atoms with E-state index < -0.39 is 11.6 Å². The molecule has 0 fully saturated rings. The average molecular weight is 252 g/mol. The normalized spacial score (nSPS) is 17.4. The molecular formula is C14H18F2N2. The van der Waals surface area contributed by atoms with Gasteiger partial charge in [-0.3, -0.25) is 11.3 Å². The molecule has 0 heterocycles. The fraction of sp³-hybridized carbons (Fsp3) is 0.429. The van der Waals surface area contributed by atoms with Gasteiger partial charge in [-0.05, 0) is 50.3 Å². The van der Waals surface area contributed by atoms with Crippen LogP contribution in [0.15, 0.2) is 29.8 Å². The Morgan fingerprint density at radius 2 is 2.11 bits per heavy atom. The van der Waals surface area contributed by atoms with Crippen LogP contribution in [0.25, 0.3) is 0 Å². The molecule has 1 atom stereocenters. The summed E-state index contributed by atoms with van der Waals surface area (Å²) in [6, 6.07) is 3.10. The smallest absolute Gasteiger partial charge is 0.128 e. The van der Waals surface area contributed by atoms with Crippen molar-refractivity contribution < 1.29 is 8.78 Å². The molecule has 4 heteroatoms. The summed E-state index contributed by atoms with van der Waals surface area (Å²) < 4.78 is 26.9. The fourth-order valence-corrected chi connectivity index (χ4v) is 2.39. The van der Waals surface area contributed by atoms with Crippen LogP contribution in [0.2, 0.25) is 0 Å². The topological polar surface area (TPSA) is 38.0 Å². The second-order valence-corrected chi connectivity index (χ2v) is 4.70. The number of hydrogen-bond acceptors (Lipinski definition) is 2. The third-order valence-corrected chi connectivity index (χ3v) is 3.39. The zero-order valence-electron chi connectivity index (χ0n) is 10.3. The molecule has 1 aromatic carbocycles. The predicted octanol–water partition coefficient (Wildman–Crippen LogP) is 3.36. The average Bonchev–Trinajstić information content (AvgIpc) is 2.40. The van der Waals surface area contributed by atoms with E-state index in [4.69, 9.17) is 5.84 Å². The van der Waals surface area contributed by atoms with Crippen LogP contribution < -0.4 is 11.3 Å². The molecule has 0 radical (unpaired) electrons. The van der Waals surface area contributed by atoms with Gasteiger partial charge in [-0.1, -0.05) is 11.6 Å². The standard InChI is InChI=1S/C14H18F2N2/c15-11-6-7-13(16)12(9-11)14(18-17)8-10-4-2-1-3-5-10/h4,6-7,9,14,18H,1-3,5,8,17H2. The highest BCUT2D eigenvalue weighted by molar-refractivity contribution is 5.24. The molecular weight excluding hydrogens is 234 g/mol. The van der Waals surface area contributed by atoms with E-state index in [1.807, 2.05) is 0 Å². The van der Waals surface area contributed by atoms with Crippen molar-refractivity contribution >= 4 is 0 Å². The van der Waals surface area contributed by atoms with Crippen molar-refractivity contribution in [3.63, 3.8) is 0 Å². The summed E-state index contributed by atoms with van der Waals surface area (Å²) >= 11 is 0. The Morgan fingerprint density at radius 3 is 2.78 bits per heavy atom. The lowest BCUT2D eigenvalue weighted by Crippen LogP contribution is -2.29. The number of hydrazine groups is 1. The van der Waals surface area contributed by atoms with Gasteiger partial charge in [-0.15, -0.1) is 0 Å². The molecule has 98 valence electrons. The Hall–Kier alpha value is -1.26. The van der Waals surface area contributed by atoms with Crippen molar-refractivity contribution in [2.24, 2.45) is 5.84 Å². The van der Waals surface area contributed by atoms with Crippen LogP contribution in [0, 0.1) is 11.6 Å². The van der Waals surface area contributed by atoms with E-state index in [0.717, 1.165) is 31.4 Å². The maximum absolute atomic E-state index is 13.7. The number of rotatable bonds is 4. The molecule has 18 heavy (non-hydrogen) atoms. The van der Waals surface area contributed by atoms with E-state index in [2.05, 4.69) is 11.5 Å². The van der Waals surface area contributed by atoms with Gasteiger partial charge in [0.1, 0.15) is 11.6 Å². The highest BCUT2D eigenvalue weighted by atomic mass is 19.1.